The fourth-order valence-corrected chi connectivity index (χ4v) is 4.64. The lowest BCUT2D eigenvalue weighted by Crippen LogP contribution is -2.28. The van der Waals surface area contributed by atoms with Gasteiger partial charge in [0.15, 0.2) is 0 Å². The molecule has 0 bridgehead atoms. The zero-order valence-corrected chi connectivity index (χ0v) is 19.4. The van der Waals surface area contributed by atoms with Gasteiger partial charge in [0.1, 0.15) is 11.6 Å². The fourth-order valence-electron chi connectivity index (χ4n) is 4.64. The predicted octanol–water partition coefficient (Wildman–Crippen LogP) is 4.91. The van der Waals surface area contributed by atoms with Crippen LogP contribution in [0.4, 0.5) is 0 Å². The number of carboxylic acid groups (broad SMARTS) is 1. The van der Waals surface area contributed by atoms with Crippen molar-refractivity contribution in [2.75, 3.05) is 7.11 Å². The van der Waals surface area contributed by atoms with Crippen molar-refractivity contribution in [1.82, 2.24) is 0 Å². The molecule has 2 aliphatic carbocycles. The smallest absolute Gasteiger partial charge is 0.305 e. The van der Waals surface area contributed by atoms with Gasteiger partial charge >= 0.3 is 11.9 Å². The summed E-state index contributed by atoms with van der Waals surface area (Å²) in [6, 6.07) is 0. The summed E-state index contributed by atoms with van der Waals surface area (Å²) in [5, 5.41) is 8.89. The number of ether oxygens (including phenoxy) is 1. The Morgan fingerprint density at radius 2 is 1.81 bits per heavy atom. The molecule has 0 aromatic rings. The van der Waals surface area contributed by atoms with Gasteiger partial charge in [-0.3, -0.25) is 19.2 Å². The van der Waals surface area contributed by atoms with Gasteiger partial charge in [0, 0.05) is 31.6 Å². The topological polar surface area (TPSA) is 97.7 Å². The molecule has 0 aromatic heterocycles. The highest BCUT2D eigenvalue weighted by molar-refractivity contribution is 5.85. The molecule has 4 unspecified atom stereocenters. The molecule has 0 heterocycles. The van der Waals surface area contributed by atoms with E-state index in [1.807, 2.05) is 39.0 Å². The summed E-state index contributed by atoms with van der Waals surface area (Å²) in [6.07, 6.45) is 13.5. The Balaban J connectivity index is 0.000000311. The van der Waals surface area contributed by atoms with Gasteiger partial charge in [-0.25, -0.2) is 0 Å². The zero-order chi connectivity index (χ0) is 23.4. The largest absolute Gasteiger partial charge is 0.481 e. The van der Waals surface area contributed by atoms with E-state index in [1.54, 1.807) is 0 Å². The third-order valence-corrected chi connectivity index (χ3v) is 6.48. The van der Waals surface area contributed by atoms with Crippen molar-refractivity contribution in [2.24, 2.45) is 23.2 Å². The quantitative estimate of drug-likeness (QED) is 0.409. The van der Waals surface area contributed by atoms with E-state index in [0.29, 0.717) is 44.4 Å². The number of esters is 1. The zero-order valence-electron chi connectivity index (χ0n) is 19.4. The maximum Gasteiger partial charge on any atom is 0.305 e. The molecule has 2 saturated carbocycles. The highest BCUT2D eigenvalue weighted by Crippen LogP contribution is 2.45. The van der Waals surface area contributed by atoms with E-state index in [1.165, 1.54) is 7.11 Å². The molecule has 1 N–H and O–H groups in total. The Labute approximate surface area is 186 Å². The van der Waals surface area contributed by atoms with Crippen molar-refractivity contribution in [3.05, 3.63) is 24.3 Å². The van der Waals surface area contributed by atoms with Crippen molar-refractivity contribution < 1.29 is 29.0 Å². The molecular weight excluding hydrogens is 396 g/mol. The van der Waals surface area contributed by atoms with Crippen molar-refractivity contribution in [1.29, 1.82) is 0 Å². The van der Waals surface area contributed by atoms with Crippen LogP contribution >= 0.6 is 0 Å². The number of ketones is 2. The number of hydrogen-bond donors (Lipinski definition) is 1. The van der Waals surface area contributed by atoms with E-state index < -0.39 is 5.97 Å². The first-order valence-electron chi connectivity index (χ1n) is 11.3. The molecule has 31 heavy (non-hydrogen) atoms. The van der Waals surface area contributed by atoms with E-state index in [-0.39, 0.29) is 41.2 Å². The molecule has 2 fully saturated rings. The molecule has 0 spiro atoms. The number of aliphatic carboxylic acids is 1. The molecule has 0 aliphatic heterocycles. The summed E-state index contributed by atoms with van der Waals surface area (Å²) in [5.74, 6) is -0.106. The summed E-state index contributed by atoms with van der Waals surface area (Å²) in [7, 11) is 1.39. The van der Waals surface area contributed by atoms with Crippen molar-refractivity contribution in [3.8, 4) is 0 Å². The monoisotopic (exact) mass is 434 g/mol. The maximum atomic E-state index is 11.7. The predicted molar refractivity (Wildman–Crippen MR) is 119 cm³/mol. The lowest BCUT2D eigenvalue weighted by molar-refractivity contribution is -0.142. The van der Waals surface area contributed by atoms with Crippen LogP contribution in [0, 0.1) is 23.2 Å². The van der Waals surface area contributed by atoms with Gasteiger partial charge in [-0.1, -0.05) is 38.2 Å². The number of carbonyl (C=O) groups excluding carboxylic acids is 3. The van der Waals surface area contributed by atoms with Crippen molar-refractivity contribution in [2.45, 2.75) is 78.6 Å². The number of hydrogen-bond acceptors (Lipinski definition) is 5. The van der Waals surface area contributed by atoms with Crippen LogP contribution in [0.5, 0.6) is 0 Å². The third-order valence-electron chi connectivity index (χ3n) is 6.48. The Morgan fingerprint density at radius 3 is 2.39 bits per heavy atom. The van der Waals surface area contributed by atoms with Gasteiger partial charge in [-0.15, -0.1) is 0 Å². The van der Waals surface area contributed by atoms with E-state index in [2.05, 4.69) is 10.8 Å². The van der Waals surface area contributed by atoms with Gasteiger partial charge in [-0.2, -0.15) is 0 Å². The van der Waals surface area contributed by atoms with Gasteiger partial charge < -0.3 is 9.84 Å². The Hall–Kier alpha value is -2.24. The lowest BCUT2D eigenvalue weighted by Gasteiger charge is -2.27. The molecule has 0 aromatic carbocycles. The van der Waals surface area contributed by atoms with Crippen LogP contribution in [-0.2, 0) is 23.9 Å². The highest BCUT2D eigenvalue weighted by Gasteiger charge is 2.44. The second kappa shape index (κ2) is 13.2. The van der Waals surface area contributed by atoms with Crippen molar-refractivity contribution in [3.63, 3.8) is 0 Å². The molecule has 2 rings (SSSR count). The highest BCUT2D eigenvalue weighted by atomic mass is 16.5. The molecule has 6 nitrogen and oxygen atoms in total. The van der Waals surface area contributed by atoms with Crippen LogP contribution in [-0.4, -0.2) is 35.7 Å². The minimum absolute atomic E-state index is 0.101. The number of carboxylic acids is 1. The van der Waals surface area contributed by atoms with Crippen LogP contribution in [0.15, 0.2) is 24.3 Å². The fraction of sp³-hybridized carbons (Fsp3) is 0.680. The second-order valence-electron chi connectivity index (χ2n) is 8.91. The SMILES string of the molecule is C/C=C\CC1CC(=O)CC1CC(=O)OC.CCC=CCC1C(=O)CCC1(C)CC(=O)O. The molecule has 4 atom stereocenters. The first kappa shape index (κ1) is 26.8. The Kier molecular flexibility index (Phi) is 11.4. The van der Waals surface area contributed by atoms with Crippen molar-refractivity contribution >= 4 is 23.5 Å². The van der Waals surface area contributed by atoms with Gasteiger partial charge in [-0.05, 0) is 49.9 Å². The molecule has 0 radical (unpaired) electrons. The van der Waals surface area contributed by atoms with E-state index in [9.17, 15) is 19.2 Å². The molecular formula is C25H38O6. The van der Waals surface area contributed by atoms with E-state index in [0.717, 1.165) is 12.8 Å². The van der Waals surface area contributed by atoms with E-state index in [4.69, 9.17) is 5.11 Å². The number of carbonyl (C=O) groups is 4. The summed E-state index contributed by atoms with van der Waals surface area (Å²) >= 11 is 0. The maximum absolute atomic E-state index is 11.7. The summed E-state index contributed by atoms with van der Waals surface area (Å²) in [6.45, 7) is 5.94. The normalized spacial score (nSPS) is 28.2. The number of rotatable bonds is 9. The number of methoxy groups -OCH3 is 1. The molecule has 0 amide bonds. The van der Waals surface area contributed by atoms with Gasteiger partial charge in [0.05, 0.1) is 13.5 Å². The minimum atomic E-state index is -0.804. The van der Waals surface area contributed by atoms with Crippen LogP contribution in [0.2, 0.25) is 0 Å². The van der Waals surface area contributed by atoms with Crippen LogP contribution < -0.4 is 0 Å². The Morgan fingerprint density at radius 1 is 1.13 bits per heavy atom. The Bertz CT molecular complexity index is 692. The first-order valence-corrected chi connectivity index (χ1v) is 11.3. The van der Waals surface area contributed by atoms with Crippen LogP contribution in [0.1, 0.15) is 78.6 Å². The molecule has 2 aliphatic rings. The first-order chi connectivity index (χ1) is 14.7. The van der Waals surface area contributed by atoms with Gasteiger partial charge in [0.2, 0.25) is 0 Å². The number of allylic oxidation sites excluding steroid dienone is 4. The number of Topliss-reactive ketones (excluding diaryl/α,β-unsaturated/α-hetero) is 2. The van der Waals surface area contributed by atoms with Gasteiger partial charge in [0.25, 0.3) is 0 Å². The second-order valence-corrected chi connectivity index (χ2v) is 8.91. The average molecular weight is 435 g/mol. The molecule has 6 heteroatoms. The minimum Gasteiger partial charge on any atom is -0.481 e. The summed E-state index contributed by atoms with van der Waals surface area (Å²) < 4.78 is 4.63. The standard InChI is InChI=1S/C13H20O3.C12H18O3/c1-3-4-5-6-10-11(14)7-8-13(10,2)9-12(15)16;1-3-4-5-9-6-11(13)7-10(9)8-12(14)15-2/h4-5,10H,3,6-9H2,1-2H3,(H,15,16);3-4,9-10H,5-8H2,1-2H3/b;4-3-. The molecule has 174 valence electrons. The summed E-state index contributed by atoms with van der Waals surface area (Å²) in [4.78, 5) is 45.0. The van der Waals surface area contributed by atoms with E-state index >= 15 is 0 Å². The summed E-state index contributed by atoms with van der Waals surface area (Å²) in [5.41, 5.74) is -0.346. The third kappa shape index (κ3) is 8.80. The van der Waals surface area contributed by atoms with Crippen LogP contribution in [0.3, 0.4) is 0 Å². The molecule has 0 saturated heterocycles. The lowest BCUT2D eigenvalue weighted by atomic mass is 9.75. The van der Waals surface area contributed by atoms with Crippen LogP contribution in [0.25, 0.3) is 0 Å². The average Bonchev–Trinajstić information content (AvgIpc) is 3.19.